The third-order valence-corrected chi connectivity index (χ3v) is 2.84. The lowest BCUT2D eigenvalue weighted by Gasteiger charge is -2.07. The van der Waals surface area contributed by atoms with Crippen molar-refractivity contribution < 1.29 is 13.9 Å². The number of halogens is 1. The van der Waals surface area contributed by atoms with Crippen LogP contribution in [0.25, 0.3) is 0 Å². The highest BCUT2D eigenvalue weighted by molar-refractivity contribution is 6.08. The van der Waals surface area contributed by atoms with Crippen LogP contribution in [0.1, 0.15) is 27.2 Å². The van der Waals surface area contributed by atoms with Gasteiger partial charge in [0.25, 0.3) is 0 Å². The zero-order valence-corrected chi connectivity index (χ0v) is 11.0. The largest absolute Gasteiger partial charge is 0.494 e. The number of rotatable bonds is 3. The van der Waals surface area contributed by atoms with Crippen molar-refractivity contribution >= 4 is 5.78 Å². The molecule has 0 unspecified atom stereocenters. The highest BCUT2D eigenvalue weighted by atomic mass is 19.1. The van der Waals surface area contributed by atoms with Crippen molar-refractivity contribution in [2.75, 3.05) is 7.11 Å². The van der Waals surface area contributed by atoms with E-state index in [4.69, 9.17) is 4.74 Å². The van der Waals surface area contributed by atoms with Gasteiger partial charge in [-0.05, 0) is 43.2 Å². The van der Waals surface area contributed by atoms with Crippen molar-refractivity contribution in [2.24, 2.45) is 0 Å². The average molecular weight is 259 g/mol. The maximum Gasteiger partial charge on any atom is 0.211 e. The van der Waals surface area contributed by atoms with E-state index >= 15 is 0 Å². The molecule has 0 radical (unpaired) electrons. The maximum absolute atomic E-state index is 13.6. The standard InChI is InChI=1S/C15H14FNO2/c1-9-6-10(2)14(17-8-9)15(18)11-4-5-13(19-3)12(16)7-11/h4-8H,1-3H3. The molecule has 1 aromatic carbocycles. The van der Waals surface area contributed by atoms with Gasteiger partial charge >= 0.3 is 0 Å². The monoisotopic (exact) mass is 259 g/mol. The van der Waals surface area contributed by atoms with Crippen LogP contribution in [0.4, 0.5) is 4.39 Å². The first-order valence-corrected chi connectivity index (χ1v) is 5.84. The van der Waals surface area contributed by atoms with Crippen LogP contribution in [0.5, 0.6) is 5.75 Å². The molecule has 2 aromatic rings. The number of methoxy groups -OCH3 is 1. The number of aryl methyl sites for hydroxylation is 2. The lowest BCUT2D eigenvalue weighted by Crippen LogP contribution is -2.07. The van der Waals surface area contributed by atoms with Crippen molar-refractivity contribution in [1.82, 2.24) is 4.98 Å². The molecule has 19 heavy (non-hydrogen) atoms. The summed E-state index contributed by atoms with van der Waals surface area (Å²) in [5.74, 6) is -0.734. The minimum atomic E-state index is -0.557. The van der Waals surface area contributed by atoms with E-state index in [0.717, 1.165) is 11.1 Å². The van der Waals surface area contributed by atoms with Crippen molar-refractivity contribution in [3.63, 3.8) is 0 Å². The van der Waals surface area contributed by atoms with Gasteiger partial charge in [0.1, 0.15) is 5.69 Å². The molecule has 0 aliphatic rings. The van der Waals surface area contributed by atoms with Crippen molar-refractivity contribution in [3.8, 4) is 5.75 Å². The number of carbonyl (C=O) groups is 1. The number of aromatic nitrogens is 1. The third-order valence-electron chi connectivity index (χ3n) is 2.84. The Balaban J connectivity index is 2.41. The Morgan fingerprint density at radius 2 is 2.00 bits per heavy atom. The van der Waals surface area contributed by atoms with Gasteiger partial charge < -0.3 is 4.74 Å². The number of benzene rings is 1. The minimum Gasteiger partial charge on any atom is -0.494 e. The van der Waals surface area contributed by atoms with Gasteiger partial charge in [0, 0.05) is 11.8 Å². The number of carbonyl (C=O) groups excluding carboxylic acids is 1. The molecule has 0 aliphatic carbocycles. The molecule has 0 saturated heterocycles. The molecular weight excluding hydrogens is 245 g/mol. The predicted octanol–water partition coefficient (Wildman–Crippen LogP) is 3.08. The fourth-order valence-corrected chi connectivity index (χ4v) is 1.90. The van der Waals surface area contributed by atoms with Crippen LogP contribution >= 0.6 is 0 Å². The number of pyridine rings is 1. The first kappa shape index (κ1) is 13.2. The molecule has 4 heteroatoms. The SMILES string of the molecule is COc1ccc(C(=O)c2ncc(C)cc2C)cc1F. The van der Waals surface area contributed by atoms with E-state index in [1.165, 1.54) is 25.3 Å². The summed E-state index contributed by atoms with van der Waals surface area (Å²) >= 11 is 0. The minimum absolute atomic E-state index is 0.116. The molecule has 0 fully saturated rings. The predicted molar refractivity (Wildman–Crippen MR) is 70.1 cm³/mol. The average Bonchev–Trinajstić information content (AvgIpc) is 2.38. The molecule has 0 aliphatic heterocycles. The van der Waals surface area contributed by atoms with Crippen molar-refractivity contribution in [1.29, 1.82) is 0 Å². The molecule has 0 N–H and O–H groups in total. The first-order valence-electron chi connectivity index (χ1n) is 5.84. The Kier molecular flexibility index (Phi) is 3.60. The molecule has 0 spiro atoms. The Hall–Kier alpha value is -2.23. The molecule has 3 nitrogen and oxygen atoms in total. The van der Waals surface area contributed by atoms with E-state index in [-0.39, 0.29) is 17.1 Å². The second-order valence-corrected chi connectivity index (χ2v) is 4.36. The summed E-state index contributed by atoms with van der Waals surface area (Å²) in [4.78, 5) is 16.4. The molecule has 1 heterocycles. The van der Waals surface area contributed by atoms with E-state index in [1.807, 2.05) is 19.9 Å². The Morgan fingerprint density at radius 1 is 1.26 bits per heavy atom. The summed E-state index contributed by atoms with van der Waals surface area (Å²) in [6.45, 7) is 3.72. The van der Waals surface area contributed by atoms with Crippen LogP contribution < -0.4 is 4.74 Å². The number of ether oxygens (including phenoxy) is 1. The second-order valence-electron chi connectivity index (χ2n) is 4.36. The zero-order valence-electron chi connectivity index (χ0n) is 11.0. The highest BCUT2D eigenvalue weighted by Crippen LogP contribution is 2.20. The summed E-state index contributed by atoms with van der Waals surface area (Å²) in [5, 5.41) is 0. The van der Waals surface area contributed by atoms with Gasteiger partial charge in [-0.3, -0.25) is 9.78 Å². The third kappa shape index (κ3) is 2.62. The molecule has 0 saturated carbocycles. The maximum atomic E-state index is 13.6. The molecular formula is C15H14FNO2. The van der Waals surface area contributed by atoms with E-state index in [9.17, 15) is 9.18 Å². The number of hydrogen-bond acceptors (Lipinski definition) is 3. The van der Waals surface area contributed by atoms with Crippen LogP contribution in [0.15, 0.2) is 30.5 Å². The van der Waals surface area contributed by atoms with Gasteiger partial charge in [-0.1, -0.05) is 6.07 Å². The summed E-state index contributed by atoms with van der Waals surface area (Å²) in [6.07, 6.45) is 1.63. The van der Waals surface area contributed by atoms with Gasteiger partial charge in [0.2, 0.25) is 5.78 Å². The summed E-state index contributed by atoms with van der Waals surface area (Å²) in [6, 6.07) is 6.01. The van der Waals surface area contributed by atoms with Crippen LogP contribution in [0, 0.1) is 19.7 Å². The van der Waals surface area contributed by atoms with E-state index < -0.39 is 5.82 Å². The highest BCUT2D eigenvalue weighted by Gasteiger charge is 2.15. The Bertz CT molecular complexity index is 638. The van der Waals surface area contributed by atoms with Crippen LogP contribution in [-0.4, -0.2) is 17.9 Å². The molecule has 0 amide bonds. The van der Waals surface area contributed by atoms with Gasteiger partial charge in [-0.15, -0.1) is 0 Å². The lowest BCUT2D eigenvalue weighted by molar-refractivity contribution is 0.103. The summed E-state index contributed by atoms with van der Waals surface area (Å²) in [5.41, 5.74) is 2.36. The molecule has 98 valence electrons. The second kappa shape index (κ2) is 5.18. The van der Waals surface area contributed by atoms with Gasteiger partial charge in [0.05, 0.1) is 7.11 Å². The smallest absolute Gasteiger partial charge is 0.211 e. The van der Waals surface area contributed by atoms with Gasteiger partial charge in [-0.25, -0.2) is 4.39 Å². The summed E-state index contributed by atoms with van der Waals surface area (Å²) in [7, 11) is 1.38. The van der Waals surface area contributed by atoms with Gasteiger partial charge in [-0.2, -0.15) is 0 Å². The van der Waals surface area contributed by atoms with Crippen molar-refractivity contribution in [3.05, 3.63) is 58.7 Å². The number of hydrogen-bond donors (Lipinski definition) is 0. The fraction of sp³-hybridized carbons (Fsp3) is 0.200. The molecule has 0 bridgehead atoms. The zero-order chi connectivity index (χ0) is 14.0. The summed E-state index contributed by atoms with van der Waals surface area (Å²) < 4.78 is 18.4. The lowest BCUT2D eigenvalue weighted by atomic mass is 10.0. The normalized spacial score (nSPS) is 10.3. The quantitative estimate of drug-likeness (QED) is 0.795. The number of nitrogens with zero attached hydrogens (tertiary/aromatic N) is 1. The van der Waals surface area contributed by atoms with Gasteiger partial charge in [0.15, 0.2) is 11.6 Å². The number of ketones is 1. The van der Waals surface area contributed by atoms with Crippen LogP contribution in [-0.2, 0) is 0 Å². The molecule has 0 atom stereocenters. The van der Waals surface area contributed by atoms with Crippen LogP contribution in [0.2, 0.25) is 0 Å². The molecule has 2 rings (SSSR count). The Morgan fingerprint density at radius 3 is 2.58 bits per heavy atom. The molecule has 1 aromatic heterocycles. The van der Waals surface area contributed by atoms with E-state index in [1.54, 1.807) is 6.20 Å². The topological polar surface area (TPSA) is 39.2 Å². The Labute approximate surface area is 111 Å². The van der Waals surface area contributed by atoms with E-state index in [0.29, 0.717) is 5.69 Å². The van der Waals surface area contributed by atoms with Crippen molar-refractivity contribution in [2.45, 2.75) is 13.8 Å². The fourth-order valence-electron chi connectivity index (χ4n) is 1.90. The van der Waals surface area contributed by atoms with E-state index in [2.05, 4.69) is 4.98 Å². The van der Waals surface area contributed by atoms with Crippen LogP contribution in [0.3, 0.4) is 0 Å². The first-order chi connectivity index (χ1) is 9.02.